The fraction of sp³-hybridized carbons (Fsp3) is 0.0952. The molecule has 0 radical (unpaired) electrons. The van der Waals surface area contributed by atoms with Crippen LogP contribution in [-0.2, 0) is 11.3 Å². The van der Waals surface area contributed by atoms with Gasteiger partial charge in [-0.25, -0.2) is 14.4 Å². The number of carbonyl (C=O) groups excluding carboxylic acids is 1. The molecule has 140 valence electrons. The number of anilines is 1. The number of benzene rings is 2. The highest BCUT2D eigenvalue weighted by Crippen LogP contribution is 2.23. The summed E-state index contributed by atoms with van der Waals surface area (Å²) < 4.78 is 14.4. The molecule has 1 amide bonds. The van der Waals surface area contributed by atoms with Gasteiger partial charge in [0, 0.05) is 17.1 Å². The van der Waals surface area contributed by atoms with E-state index in [4.69, 9.17) is 0 Å². The third-order valence-corrected chi connectivity index (χ3v) is 5.89. The molecule has 2 aromatic carbocycles. The number of rotatable bonds is 5. The maximum atomic E-state index is 13.3. The first-order valence-electron chi connectivity index (χ1n) is 8.60. The lowest BCUT2D eigenvalue weighted by atomic mass is 10.2. The fourth-order valence-corrected chi connectivity index (χ4v) is 4.23. The van der Waals surface area contributed by atoms with Gasteiger partial charge < -0.3 is 4.90 Å². The molecule has 0 aliphatic rings. The van der Waals surface area contributed by atoms with Crippen molar-refractivity contribution >= 4 is 50.6 Å². The van der Waals surface area contributed by atoms with E-state index in [1.54, 1.807) is 23.1 Å². The second-order valence-electron chi connectivity index (χ2n) is 6.11. The van der Waals surface area contributed by atoms with Crippen LogP contribution in [0.2, 0.25) is 0 Å². The molecule has 0 aliphatic carbocycles. The number of nitrogens with zero attached hydrogens (tertiary/aromatic N) is 3. The minimum Gasteiger partial charge on any atom is -0.303 e. The van der Waals surface area contributed by atoms with Crippen molar-refractivity contribution in [3.05, 3.63) is 81.5 Å². The molecule has 2 heterocycles. The first-order chi connectivity index (χ1) is 13.6. The quantitative estimate of drug-likeness (QED) is 0.412. The number of thiazole rings is 2. The molecule has 7 heteroatoms. The summed E-state index contributed by atoms with van der Waals surface area (Å²) in [6.45, 7) is 2.24. The lowest BCUT2D eigenvalue weighted by Crippen LogP contribution is -2.28. The molecule has 0 N–H and O–H groups in total. The van der Waals surface area contributed by atoms with Crippen molar-refractivity contribution in [3.8, 4) is 0 Å². The SMILES string of the molecule is Cc1nc(CN(C(=O)/C=C/c2nc3ccccc3s2)c2ccc(F)cc2)cs1. The Kier molecular flexibility index (Phi) is 5.27. The van der Waals surface area contributed by atoms with Crippen molar-refractivity contribution in [3.63, 3.8) is 0 Å². The third kappa shape index (κ3) is 4.16. The second kappa shape index (κ2) is 8.00. The van der Waals surface area contributed by atoms with Gasteiger partial charge in [-0.2, -0.15) is 0 Å². The van der Waals surface area contributed by atoms with E-state index >= 15 is 0 Å². The molecule has 0 fully saturated rings. The molecule has 0 aliphatic heterocycles. The number of amides is 1. The van der Waals surface area contributed by atoms with Crippen LogP contribution >= 0.6 is 22.7 Å². The molecule has 4 rings (SSSR count). The van der Waals surface area contributed by atoms with Crippen LogP contribution in [0, 0.1) is 12.7 Å². The number of para-hydroxylation sites is 1. The zero-order valence-corrected chi connectivity index (χ0v) is 16.6. The Bertz CT molecular complexity index is 1110. The van der Waals surface area contributed by atoms with E-state index in [2.05, 4.69) is 9.97 Å². The highest BCUT2D eigenvalue weighted by atomic mass is 32.1. The number of halogens is 1. The summed E-state index contributed by atoms with van der Waals surface area (Å²) in [5.41, 5.74) is 2.33. The van der Waals surface area contributed by atoms with Gasteiger partial charge in [0.15, 0.2) is 0 Å². The summed E-state index contributed by atoms with van der Waals surface area (Å²) in [5, 5.41) is 3.63. The van der Waals surface area contributed by atoms with Gasteiger partial charge in [-0.15, -0.1) is 22.7 Å². The highest BCUT2D eigenvalue weighted by Gasteiger charge is 2.16. The first-order valence-corrected chi connectivity index (χ1v) is 10.3. The normalized spacial score (nSPS) is 11.4. The molecule has 28 heavy (non-hydrogen) atoms. The Hall–Kier alpha value is -2.90. The van der Waals surface area contributed by atoms with Gasteiger partial charge >= 0.3 is 0 Å². The van der Waals surface area contributed by atoms with E-state index in [0.29, 0.717) is 12.2 Å². The highest BCUT2D eigenvalue weighted by molar-refractivity contribution is 7.19. The first kappa shape index (κ1) is 18.5. The fourth-order valence-electron chi connectivity index (χ4n) is 2.75. The van der Waals surface area contributed by atoms with Crippen LogP contribution in [-0.4, -0.2) is 15.9 Å². The predicted octanol–water partition coefficient (Wildman–Crippen LogP) is 5.45. The number of hydrogen-bond acceptors (Lipinski definition) is 5. The maximum absolute atomic E-state index is 13.3. The molecule has 0 unspecified atom stereocenters. The molecule has 0 spiro atoms. The van der Waals surface area contributed by atoms with Crippen molar-refractivity contribution in [2.75, 3.05) is 4.90 Å². The van der Waals surface area contributed by atoms with Crippen molar-refractivity contribution in [1.82, 2.24) is 9.97 Å². The van der Waals surface area contributed by atoms with Crippen LogP contribution in [0.4, 0.5) is 10.1 Å². The van der Waals surface area contributed by atoms with Crippen LogP contribution in [0.15, 0.2) is 60.0 Å². The van der Waals surface area contributed by atoms with E-state index < -0.39 is 0 Å². The minimum absolute atomic E-state index is 0.212. The van der Waals surface area contributed by atoms with Gasteiger partial charge in [-0.3, -0.25) is 4.79 Å². The number of aryl methyl sites for hydroxylation is 1. The zero-order valence-electron chi connectivity index (χ0n) is 15.0. The van der Waals surface area contributed by atoms with Gasteiger partial charge in [0.25, 0.3) is 5.91 Å². The van der Waals surface area contributed by atoms with Crippen LogP contribution in [0.1, 0.15) is 15.7 Å². The average molecular weight is 410 g/mol. The molecular formula is C21H16FN3OS2. The van der Waals surface area contributed by atoms with Crippen LogP contribution in [0.3, 0.4) is 0 Å². The summed E-state index contributed by atoms with van der Waals surface area (Å²) >= 11 is 3.06. The molecule has 0 atom stereocenters. The monoisotopic (exact) mass is 409 g/mol. The van der Waals surface area contributed by atoms with E-state index in [1.165, 1.54) is 40.9 Å². The summed E-state index contributed by atoms with van der Waals surface area (Å²) in [7, 11) is 0. The number of hydrogen-bond donors (Lipinski definition) is 0. The molecule has 0 bridgehead atoms. The summed E-state index contributed by atoms with van der Waals surface area (Å²) in [4.78, 5) is 23.5. The minimum atomic E-state index is -0.342. The van der Waals surface area contributed by atoms with Gasteiger partial charge in [0.05, 0.1) is 27.5 Å². The molecule has 4 aromatic rings. The Morgan fingerprint density at radius 2 is 1.93 bits per heavy atom. The molecular weight excluding hydrogens is 393 g/mol. The molecule has 4 nitrogen and oxygen atoms in total. The van der Waals surface area contributed by atoms with Crippen LogP contribution in [0.25, 0.3) is 16.3 Å². The van der Waals surface area contributed by atoms with Crippen LogP contribution < -0.4 is 4.90 Å². The van der Waals surface area contributed by atoms with Gasteiger partial charge in [0.1, 0.15) is 10.8 Å². The molecule has 0 saturated carbocycles. The zero-order chi connectivity index (χ0) is 19.5. The van der Waals surface area contributed by atoms with Crippen molar-refractivity contribution in [1.29, 1.82) is 0 Å². The number of aromatic nitrogens is 2. The van der Waals surface area contributed by atoms with Crippen molar-refractivity contribution < 1.29 is 9.18 Å². The average Bonchev–Trinajstić information content (AvgIpc) is 3.30. The maximum Gasteiger partial charge on any atom is 0.251 e. The van der Waals surface area contributed by atoms with Crippen molar-refractivity contribution in [2.24, 2.45) is 0 Å². The van der Waals surface area contributed by atoms with E-state index in [1.807, 2.05) is 36.6 Å². The largest absolute Gasteiger partial charge is 0.303 e. The number of fused-ring (bicyclic) bond motifs is 1. The Balaban J connectivity index is 1.60. The van der Waals surface area contributed by atoms with Gasteiger partial charge in [0.2, 0.25) is 0 Å². The second-order valence-corrected chi connectivity index (χ2v) is 8.24. The predicted molar refractivity (Wildman–Crippen MR) is 113 cm³/mol. The Morgan fingerprint density at radius 3 is 2.64 bits per heavy atom. The van der Waals surface area contributed by atoms with E-state index in [9.17, 15) is 9.18 Å². The summed E-state index contributed by atoms with van der Waals surface area (Å²) in [6, 6.07) is 13.7. The Labute approximate surface area is 169 Å². The van der Waals surface area contributed by atoms with Crippen LogP contribution in [0.5, 0.6) is 0 Å². The Morgan fingerprint density at radius 1 is 1.14 bits per heavy atom. The topological polar surface area (TPSA) is 46.1 Å². The molecule has 0 saturated heterocycles. The summed E-state index contributed by atoms with van der Waals surface area (Å²) in [6.07, 6.45) is 3.22. The van der Waals surface area contributed by atoms with E-state index in [-0.39, 0.29) is 11.7 Å². The van der Waals surface area contributed by atoms with Crippen molar-refractivity contribution in [2.45, 2.75) is 13.5 Å². The van der Waals surface area contributed by atoms with Gasteiger partial charge in [-0.05, 0) is 49.4 Å². The number of carbonyl (C=O) groups is 1. The smallest absolute Gasteiger partial charge is 0.251 e. The standard InChI is InChI=1S/C21H16FN3OS2/c1-14-23-16(13-27-14)12-25(17-8-6-15(22)7-9-17)21(26)11-10-20-24-18-4-2-3-5-19(18)28-20/h2-11,13H,12H2,1H3/b11-10+. The van der Waals surface area contributed by atoms with E-state index in [0.717, 1.165) is 25.9 Å². The lowest BCUT2D eigenvalue weighted by molar-refractivity contribution is -0.114. The third-order valence-electron chi connectivity index (χ3n) is 4.07. The van der Waals surface area contributed by atoms with Gasteiger partial charge in [-0.1, -0.05) is 12.1 Å². The lowest BCUT2D eigenvalue weighted by Gasteiger charge is -2.20. The molecule has 2 aromatic heterocycles. The summed E-state index contributed by atoms with van der Waals surface area (Å²) in [5.74, 6) is -0.554.